The number of hydrogen-bond donors (Lipinski definition) is 0. The average molecular weight is 613 g/mol. The van der Waals surface area contributed by atoms with Crippen molar-refractivity contribution in [2.24, 2.45) is 0 Å². The highest BCUT2D eigenvalue weighted by molar-refractivity contribution is 7.52. The first-order chi connectivity index (χ1) is 20.6. The number of allylic oxidation sites excluding steroid dienone is 2. The van der Waals surface area contributed by atoms with Gasteiger partial charge in [-0.1, -0.05) is 23.8 Å². The molecular weight excluding hydrogens is 571 g/mol. The first kappa shape index (κ1) is 32.3. The van der Waals surface area contributed by atoms with Gasteiger partial charge in [-0.2, -0.15) is 0 Å². The maximum absolute atomic E-state index is 14.4. The summed E-state index contributed by atoms with van der Waals surface area (Å²) < 4.78 is 38.0. The standard InChI is InChI=1S/C31H41N4O7P/c1-6-33-15-8-10-26(19-33)30(36)39-22-41-43(38,42-23-40-31(37)27-11-9-16-34(7-2)20-27)35-21-25(14-17-32(4)5)28-18-24(3)12-13-29(28)35/h8-9,12-13,15-16,18-21H,6-7,10-11,14,17,22-23H2,1-5H3. The summed E-state index contributed by atoms with van der Waals surface area (Å²) in [5.41, 5.74) is 3.51. The Hall–Kier alpha value is -3.63. The van der Waals surface area contributed by atoms with Gasteiger partial charge >= 0.3 is 19.7 Å². The number of aryl methyl sites for hydroxylation is 1. The molecule has 12 heteroatoms. The molecule has 0 atom stereocenters. The van der Waals surface area contributed by atoms with Crippen LogP contribution in [0.1, 0.15) is 37.8 Å². The molecule has 0 saturated heterocycles. The molecule has 0 saturated carbocycles. The fraction of sp³-hybridized carbons (Fsp3) is 0.419. The van der Waals surface area contributed by atoms with E-state index >= 15 is 0 Å². The van der Waals surface area contributed by atoms with Gasteiger partial charge in [0.15, 0.2) is 0 Å². The van der Waals surface area contributed by atoms with E-state index in [0.717, 1.165) is 23.1 Å². The van der Waals surface area contributed by atoms with Crippen molar-refractivity contribution in [2.45, 2.75) is 40.0 Å². The van der Waals surface area contributed by atoms with E-state index in [-0.39, 0.29) is 0 Å². The molecule has 0 unspecified atom stereocenters. The average Bonchev–Trinajstić information content (AvgIpc) is 3.38. The number of esters is 2. The number of rotatable bonds is 14. The van der Waals surface area contributed by atoms with Gasteiger partial charge in [-0.25, -0.2) is 14.2 Å². The van der Waals surface area contributed by atoms with Crippen LogP contribution in [0, 0.1) is 6.92 Å². The van der Waals surface area contributed by atoms with Gasteiger partial charge in [0.1, 0.15) is 0 Å². The van der Waals surface area contributed by atoms with Crippen LogP contribution in [-0.4, -0.2) is 78.3 Å². The van der Waals surface area contributed by atoms with E-state index in [2.05, 4.69) is 4.90 Å². The number of ether oxygens (including phenoxy) is 2. The Labute approximate surface area is 253 Å². The van der Waals surface area contributed by atoms with Crippen molar-refractivity contribution < 1.29 is 32.7 Å². The van der Waals surface area contributed by atoms with E-state index < -0.39 is 33.3 Å². The topological polar surface area (TPSA) is 103 Å². The van der Waals surface area contributed by atoms with Gasteiger partial charge in [0.2, 0.25) is 13.6 Å². The van der Waals surface area contributed by atoms with Crippen LogP contribution in [0.2, 0.25) is 0 Å². The highest BCUT2D eigenvalue weighted by Gasteiger charge is 2.32. The van der Waals surface area contributed by atoms with E-state index in [0.29, 0.717) is 49.0 Å². The van der Waals surface area contributed by atoms with Crippen LogP contribution in [-0.2, 0) is 39.1 Å². The summed E-state index contributed by atoms with van der Waals surface area (Å²) in [4.78, 5) is 31.3. The highest BCUT2D eigenvalue weighted by Crippen LogP contribution is 2.52. The van der Waals surface area contributed by atoms with Crippen LogP contribution < -0.4 is 0 Å². The minimum Gasteiger partial charge on any atom is -0.434 e. The first-order valence-corrected chi connectivity index (χ1v) is 15.9. The minimum absolute atomic E-state index is 0.413. The third-order valence-corrected chi connectivity index (χ3v) is 8.82. The molecule has 4 rings (SSSR count). The monoisotopic (exact) mass is 612 g/mol. The minimum atomic E-state index is -4.23. The van der Waals surface area contributed by atoms with E-state index in [1.54, 1.807) is 18.6 Å². The smallest absolute Gasteiger partial charge is 0.434 e. The number of carbonyl (C=O) groups is 2. The van der Waals surface area contributed by atoms with E-state index in [1.807, 2.05) is 87.4 Å². The molecule has 2 aromatic rings. The predicted molar refractivity (Wildman–Crippen MR) is 164 cm³/mol. The largest absolute Gasteiger partial charge is 0.445 e. The number of nitrogens with zero attached hydrogens (tertiary/aromatic N) is 4. The number of benzene rings is 1. The molecule has 2 aliphatic rings. The van der Waals surface area contributed by atoms with Gasteiger partial charge in [0.05, 0.1) is 16.7 Å². The molecule has 43 heavy (non-hydrogen) atoms. The molecule has 11 nitrogen and oxygen atoms in total. The third-order valence-electron chi connectivity index (χ3n) is 7.09. The van der Waals surface area contributed by atoms with Crippen molar-refractivity contribution in [1.29, 1.82) is 0 Å². The van der Waals surface area contributed by atoms with Crippen LogP contribution in [0.4, 0.5) is 0 Å². The highest BCUT2D eigenvalue weighted by atomic mass is 31.2. The Morgan fingerprint density at radius 3 is 1.98 bits per heavy atom. The molecule has 0 aliphatic carbocycles. The van der Waals surface area contributed by atoms with Gasteiger partial charge < -0.3 is 24.2 Å². The number of aromatic nitrogens is 1. The molecule has 0 fully saturated rings. The quantitative estimate of drug-likeness (QED) is 0.159. The third kappa shape index (κ3) is 8.26. The molecule has 0 N–H and O–H groups in total. The summed E-state index contributed by atoms with van der Waals surface area (Å²) in [6.07, 6.45) is 14.2. The summed E-state index contributed by atoms with van der Waals surface area (Å²) in [6.45, 7) is 6.84. The molecular formula is C31H41N4O7P. The normalized spacial score (nSPS) is 15.2. The zero-order valence-corrected chi connectivity index (χ0v) is 26.4. The van der Waals surface area contributed by atoms with E-state index in [9.17, 15) is 14.2 Å². The number of hydrogen-bond acceptors (Lipinski definition) is 10. The van der Waals surface area contributed by atoms with Gasteiger partial charge in [-0.15, -0.1) is 0 Å². The second-order valence-corrected chi connectivity index (χ2v) is 12.4. The molecule has 0 amide bonds. The van der Waals surface area contributed by atoms with Crippen molar-refractivity contribution in [3.05, 3.63) is 83.6 Å². The molecule has 0 radical (unpaired) electrons. The SMILES string of the molecule is CCN1C=CCC(C(=O)OCOP(=O)(OCOC(=O)C2=CN(CC)C=CC2)n2cc(CCN(C)C)c3cc(C)ccc32)=C1. The van der Waals surface area contributed by atoms with Crippen molar-refractivity contribution in [3.63, 3.8) is 0 Å². The number of likely N-dealkylation sites (N-methyl/N-ethyl adjacent to an activating group) is 1. The summed E-state index contributed by atoms with van der Waals surface area (Å²) in [6, 6.07) is 5.77. The van der Waals surface area contributed by atoms with Crippen LogP contribution in [0.15, 0.2) is 72.5 Å². The maximum Gasteiger partial charge on any atom is 0.445 e. The molecule has 1 aromatic heterocycles. The fourth-order valence-corrected chi connectivity index (χ4v) is 6.08. The Bertz CT molecular complexity index is 1430. The van der Waals surface area contributed by atoms with Crippen LogP contribution in [0.3, 0.4) is 0 Å². The Morgan fingerprint density at radius 2 is 1.47 bits per heavy atom. The zero-order valence-electron chi connectivity index (χ0n) is 25.5. The van der Waals surface area contributed by atoms with Crippen LogP contribution in [0.5, 0.6) is 0 Å². The lowest BCUT2D eigenvalue weighted by atomic mass is 10.1. The van der Waals surface area contributed by atoms with E-state index in [4.69, 9.17) is 18.5 Å². The Balaban J connectivity index is 1.56. The van der Waals surface area contributed by atoms with Gasteiger partial charge in [-0.05, 0) is 71.4 Å². The molecule has 0 spiro atoms. The first-order valence-electron chi connectivity index (χ1n) is 14.4. The lowest BCUT2D eigenvalue weighted by Gasteiger charge is -2.22. The number of carbonyl (C=O) groups excluding carboxylic acids is 2. The second-order valence-electron chi connectivity index (χ2n) is 10.5. The predicted octanol–water partition coefficient (Wildman–Crippen LogP) is 5.29. The lowest BCUT2D eigenvalue weighted by molar-refractivity contribution is -0.147. The molecule has 2 aliphatic heterocycles. The van der Waals surface area contributed by atoms with Gasteiger partial charge in [0.25, 0.3) is 0 Å². The Kier molecular flexibility index (Phi) is 11.0. The van der Waals surface area contributed by atoms with Crippen molar-refractivity contribution in [3.8, 4) is 0 Å². The Morgan fingerprint density at radius 1 is 0.907 bits per heavy atom. The lowest BCUT2D eigenvalue weighted by Crippen LogP contribution is -2.19. The summed E-state index contributed by atoms with van der Waals surface area (Å²) in [5, 5.41) is 0.904. The van der Waals surface area contributed by atoms with Crippen molar-refractivity contribution in [2.75, 3.05) is 47.3 Å². The molecule has 3 heterocycles. The second kappa shape index (κ2) is 14.7. The maximum atomic E-state index is 14.4. The summed E-state index contributed by atoms with van der Waals surface area (Å²) in [7, 11) is -0.257. The van der Waals surface area contributed by atoms with Gasteiger partial charge in [0, 0.05) is 56.5 Å². The molecule has 1 aromatic carbocycles. The van der Waals surface area contributed by atoms with Crippen LogP contribution in [0.25, 0.3) is 10.9 Å². The summed E-state index contributed by atoms with van der Waals surface area (Å²) in [5.74, 6) is -1.17. The number of fused-ring (bicyclic) bond motifs is 1. The zero-order chi connectivity index (χ0) is 31.0. The van der Waals surface area contributed by atoms with Crippen LogP contribution >= 0.6 is 7.75 Å². The van der Waals surface area contributed by atoms with Gasteiger partial charge in [-0.3, -0.25) is 13.4 Å². The van der Waals surface area contributed by atoms with Crippen molar-refractivity contribution >= 4 is 30.6 Å². The van der Waals surface area contributed by atoms with E-state index in [1.165, 1.54) is 4.34 Å². The molecule has 0 bridgehead atoms. The molecule has 232 valence electrons. The fourth-order valence-electron chi connectivity index (χ4n) is 4.67. The van der Waals surface area contributed by atoms with Crippen molar-refractivity contribution in [1.82, 2.24) is 19.0 Å². The summed E-state index contributed by atoms with van der Waals surface area (Å²) >= 11 is 0.